The van der Waals surface area contributed by atoms with Crippen LogP contribution >= 0.6 is 0 Å². The zero-order valence-corrected chi connectivity index (χ0v) is 15.0. The Kier molecular flexibility index (Phi) is 5.04. The Morgan fingerprint density at radius 2 is 2.12 bits per heavy atom. The minimum absolute atomic E-state index is 0.0351. The van der Waals surface area contributed by atoms with Crippen molar-refractivity contribution in [3.8, 4) is 0 Å². The lowest BCUT2D eigenvalue weighted by Gasteiger charge is -2.39. The molecule has 2 atom stereocenters. The van der Waals surface area contributed by atoms with E-state index in [0.717, 1.165) is 12.8 Å². The predicted molar refractivity (Wildman–Crippen MR) is 91.7 cm³/mol. The summed E-state index contributed by atoms with van der Waals surface area (Å²) in [6.07, 6.45) is 8.46. The first-order valence-corrected chi connectivity index (χ1v) is 9.35. The molecule has 3 rings (SSSR count). The van der Waals surface area contributed by atoms with Crippen LogP contribution in [0.1, 0.15) is 58.3 Å². The Bertz CT molecular complexity index is 492. The second-order valence-corrected chi connectivity index (χ2v) is 8.01. The van der Waals surface area contributed by atoms with Crippen LogP contribution in [0.15, 0.2) is 0 Å². The SMILES string of the molecule is COC(C)(CNC(=O)N1CCC2(CCC(=O)N2)C1)C1CCCCC1. The van der Waals surface area contributed by atoms with Gasteiger partial charge in [-0.15, -0.1) is 0 Å². The topological polar surface area (TPSA) is 70.7 Å². The number of hydrogen-bond donors (Lipinski definition) is 2. The molecule has 136 valence electrons. The molecule has 3 amide bonds. The molecule has 6 nitrogen and oxygen atoms in total. The number of amides is 3. The molecule has 2 aliphatic heterocycles. The Labute approximate surface area is 144 Å². The molecule has 0 aromatic rings. The van der Waals surface area contributed by atoms with Gasteiger partial charge in [-0.25, -0.2) is 4.79 Å². The van der Waals surface area contributed by atoms with E-state index in [9.17, 15) is 9.59 Å². The predicted octanol–water partition coefficient (Wildman–Crippen LogP) is 2.04. The summed E-state index contributed by atoms with van der Waals surface area (Å²) in [5.74, 6) is 0.622. The molecule has 2 saturated heterocycles. The lowest BCUT2D eigenvalue weighted by Crippen LogP contribution is -2.52. The highest BCUT2D eigenvalue weighted by atomic mass is 16.5. The molecule has 1 saturated carbocycles. The number of hydrogen-bond acceptors (Lipinski definition) is 3. The van der Waals surface area contributed by atoms with Crippen LogP contribution in [-0.2, 0) is 9.53 Å². The maximum Gasteiger partial charge on any atom is 0.317 e. The fourth-order valence-electron chi connectivity index (χ4n) is 4.58. The van der Waals surface area contributed by atoms with Gasteiger partial charge in [-0.05, 0) is 38.5 Å². The molecule has 0 radical (unpaired) electrons. The van der Waals surface area contributed by atoms with E-state index in [2.05, 4.69) is 17.6 Å². The minimum Gasteiger partial charge on any atom is -0.376 e. The first-order chi connectivity index (χ1) is 11.5. The summed E-state index contributed by atoms with van der Waals surface area (Å²) in [7, 11) is 1.75. The molecule has 24 heavy (non-hydrogen) atoms. The number of urea groups is 1. The summed E-state index contributed by atoms with van der Waals surface area (Å²) >= 11 is 0. The average Bonchev–Trinajstić information content (AvgIpc) is 3.19. The minimum atomic E-state index is -0.297. The van der Waals surface area contributed by atoms with Crippen molar-refractivity contribution in [1.29, 1.82) is 0 Å². The van der Waals surface area contributed by atoms with Crippen LogP contribution in [0.2, 0.25) is 0 Å². The zero-order chi connectivity index (χ0) is 17.2. The number of carbonyl (C=O) groups excluding carboxylic acids is 2. The van der Waals surface area contributed by atoms with Gasteiger partial charge in [-0.3, -0.25) is 4.79 Å². The number of ether oxygens (including phenoxy) is 1. The van der Waals surface area contributed by atoms with E-state index in [1.807, 2.05) is 4.90 Å². The molecule has 1 spiro atoms. The Hall–Kier alpha value is -1.30. The van der Waals surface area contributed by atoms with Crippen LogP contribution in [0.5, 0.6) is 0 Å². The van der Waals surface area contributed by atoms with E-state index in [4.69, 9.17) is 4.74 Å². The lowest BCUT2D eigenvalue weighted by atomic mass is 9.77. The maximum absolute atomic E-state index is 12.6. The molecule has 2 heterocycles. The second kappa shape index (κ2) is 6.90. The van der Waals surface area contributed by atoms with Crippen molar-refractivity contribution in [1.82, 2.24) is 15.5 Å². The Morgan fingerprint density at radius 3 is 2.75 bits per heavy atom. The Balaban J connectivity index is 1.52. The fraction of sp³-hybridized carbons (Fsp3) is 0.889. The smallest absolute Gasteiger partial charge is 0.317 e. The van der Waals surface area contributed by atoms with Crippen molar-refractivity contribution < 1.29 is 14.3 Å². The first-order valence-electron chi connectivity index (χ1n) is 9.35. The molecule has 0 bridgehead atoms. The summed E-state index contributed by atoms with van der Waals surface area (Å²) < 4.78 is 5.81. The van der Waals surface area contributed by atoms with E-state index in [-0.39, 0.29) is 23.1 Å². The van der Waals surface area contributed by atoms with Crippen molar-refractivity contribution in [2.45, 2.75) is 69.4 Å². The largest absolute Gasteiger partial charge is 0.376 e. The molecule has 6 heteroatoms. The number of rotatable bonds is 4. The molecule has 3 aliphatic rings. The normalized spacial score (nSPS) is 30.4. The van der Waals surface area contributed by atoms with Gasteiger partial charge in [-0.1, -0.05) is 19.3 Å². The third kappa shape index (κ3) is 3.53. The molecular formula is C18H31N3O3. The van der Waals surface area contributed by atoms with Gasteiger partial charge in [-0.2, -0.15) is 0 Å². The van der Waals surface area contributed by atoms with Gasteiger partial charge in [0.2, 0.25) is 5.91 Å². The summed E-state index contributed by atoms with van der Waals surface area (Å²) in [5, 5.41) is 6.14. The molecule has 2 unspecified atom stereocenters. The van der Waals surface area contributed by atoms with E-state index in [1.165, 1.54) is 32.1 Å². The van der Waals surface area contributed by atoms with Gasteiger partial charge >= 0.3 is 6.03 Å². The summed E-state index contributed by atoms with van der Waals surface area (Å²) in [5.41, 5.74) is -0.475. The number of nitrogens with zero attached hydrogens (tertiary/aromatic N) is 1. The van der Waals surface area contributed by atoms with E-state index in [0.29, 0.717) is 32.0 Å². The van der Waals surface area contributed by atoms with Gasteiger partial charge in [0.1, 0.15) is 0 Å². The fourth-order valence-corrected chi connectivity index (χ4v) is 4.58. The van der Waals surface area contributed by atoms with Crippen molar-refractivity contribution in [2.75, 3.05) is 26.7 Å². The molecular weight excluding hydrogens is 306 g/mol. The standard InChI is InChI=1S/C18H31N3O3/c1-17(24-2,14-6-4-3-5-7-14)12-19-16(23)21-11-10-18(13-21)9-8-15(22)20-18/h14H,3-13H2,1-2H3,(H,19,23)(H,20,22). The number of carbonyl (C=O) groups is 2. The van der Waals surface area contributed by atoms with E-state index >= 15 is 0 Å². The lowest BCUT2D eigenvalue weighted by molar-refractivity contribution is -0.119. The Morgan fingerprint density at radius 1 is 1.38 bits per heavy atom. The van der Waals surface area contributed by atoms with Crippen molar-refractivity contribution >= 4 is 11.9 Å². The number of likely N-dealkylation sites (tertiary alicyclic amines) is 1. The van der Waals surface area contributed by atoms with Crippen LogP contribution < -0.4 is 10.6 Å². The maximum atomic E-state index is 12.6. The quantitative estimate of drug-likeness (QED) is 0.825. The summed E-state index contributed by atoms with van der Waals surface area (Å²) in [6, 6.07) is -0.0351. The first kappa shape index (κ1) is 17.5. The third-order valence-electron chi connectivity index (χ3n) is 6.40. The van der Waals surface area contributed by atoms with Gasteiger partial charge < -0.3 is 20.3 Å². The van der Waals surface area contributed by atoms with Gasteiger partial charge in [0.05, 0.1) is 11.1 Å². The molecule has 0 aromatic heterocycles. The van der Waals surface area contributed by atoms with Crippen LogP contribution in [0.25, 0.3) is 0 Å². The highest BCUT2D eigenvalue weighted by Crippen LogP contribution is 2.34. The van der Waals surface area contributed by atoms with Gasteiger partial charge in [0.25, 0.3) is 0 Å². The van der Waals surface area contributed by atoms with Crippen molar-refractivity contribution in [2.24, 2.45) is 5.92 Å². The van der Waals surface area contributed by atoms with E-state index < -0.39 is 0 Å². The van der Waals surface area contributed by atoms with Crippen LogP contribution in [-0.4, -0.2) is 54.7 Å². The molecule has 2 N–H and O–H groups in total. The molecule has 1 aliphatic carbocycles. The average molecular weight is 337 g/mol. The summed E-state index contributed by atoms with van der Waals surface area (Å²) in [4.78, 5) is 25.9. The van der Waals surface area contributed by atoms with Crippen LogP contribution in [0.4, 0.5) is 4.79 Å². The molecule has 3 fully saturated rings. The zero-order valence-electron chi connectivity index (χ0n) is 15.0. The number of methoxy groups -OCH3 is 1. The number of nitrogens with one attached hydrogen (secondary N) is 2. The van der Waals surface area contributed by atoms with Crippen LogP contribution in [0.3, 0.4) is 0 Å². The van der Waals surface area contributed by atoms with E-state index in [1.54, 1.807) is 7.11 Å². The highest BCUT2D eigenvalue weighted by molar-refractivity contribution is 5.80. The molecule has 0 aromatic carbocycles. The van der Waals surface area contributed by atoms with Crippen molar-refractivity contribution in [3.63, 3.8) is 0 Å². The third-order valence-corrected chi connectivity index (χ3v) is 6.40. The second-order valence-electron chi connectivity index (χ2n) is 8.01. The monoisotopic (exact) mass is 337 g/mol. The van der Waals surface area contributed by atoms with Gasteiger partial charge in [0.15, 0.2) is 0 Å². The van der Waals surface area contributed by atoms with Crippen LogP contribution in [0, 0.1) is 5.92 Å². The van der Waals surface area contributed by atoms with Crippen molar-refractivity contribution in [3.05, 3.63) is 0 Å². The van der Waals surface area contributed by atoms with Gasteiger partial charge in [0, 0.05) is 33.2 Å². The highest BCUT2D eigenvalue weighted by Gasteiger charge is 2.45. The summed E-state index contributed by atoms with van der Waals surface area (Å²) in [6.45, 7) is 3.99.